The Morgan fingerprint density at radius 3 is 2.16 bits per heavy atom. The summed E-state index contributed by atoms with van der Waals surface area (Å²) < 4.78 is 19.7. The largest absolute Gasteiger partial charge is 0.457 e. The van der Waals surface area contributed by atoms with Gasteiger partial charge in [0.05, 0.1) is 13.1 Å². The molecule has 1 aliphatic rings. The van der Waals surface area contributed by atoms with Crippen LogP contribution in [0.1, 0.15) is 49.8 Å². The molecule has 0 aromatic heterocycles. The van der Waals surface area contributed by atoms with Crippen molar-refractivity contribution in [1.29, 1.82) is 0 Å². The average molecular weight is 442 g/mol. The summed E-state index contributed by atoms with van der Waals surface area (Å²) >= 11 is 0. The number of rotatable bonds is 9. The van der Waals surface area contributed by atoms with Crippen molar-refractivity contribution < 1.29 is 23.2 Å². The number of hydrogen-bond acceptors (Lipinski definition) is 3. The van der Waals surface area contributed by atoms with Crippen LogP contribution >= 0.6 is 0 Å². The summed E-state index contributed by atoms with van der Waals surface area (Å²) in [6.45, 7) is 9.29. The highest BCUT2D eigenvalue weighted by Gasteiger charge is 2.60. The molecule has 0 unspecified atom stereocenters. The molecule has 6 heteroatoms. The zero-order valence-corrected chi connectivity index (χ0v) is 19.5. The van der Waals surface area contributed by atoms with Crippen LogP contribution in [0, 0.1) is 19.7 Å². The van der Waals surface area contributed by atoms with E-state index in [1.165, 1.54) is 12.1 Å². The van der Waals surface area contributed by atoms with Gasteiger partial charge in [0, 0.05) is 18.5 Å². The first-order valence-electron chi connectivity index (χ1n) is 11.4. The standard InChI is InChI=1S/C26H33FN2O3/c1-5-29(6-2,17-23(30)32-18-21-11-8-7-9-12-21)26(13-10-14-26)25(31)28-24-19(3)15-22(27)16-20(24)4/h7-9,11-12,15-16H,5-6,10,13-14,17-18H2,1-4H3/p+1. The van der Waals surface area contributed by atoms with Gasteiger partial charge in [-0.25, -0.2) is 9.18 Å². The van der Waals surface area contributed by atoms with Gasteiger partial charge in [-0.2, -0.15) is 0 Å². The molecule has 2 aromatic rings. The third-order valence-corrected chi connectivity index (χ3v) is 7.13. The van der Waals surface area contributed by atoms with Crippen molar-refractivity contribution in [3.05, 3.63) is 65.0 Å². The smallest absolute Gasteiger partial charge is 0.362 e. The van der Waals surface area contributed by atoms with E-state index in [1.807, 2.05) is 44.2 Å². The molecule has 1 fully saturated rings. The Kier molecular flexibility index (Phi) is 7.34. The van der Waals surface area contributed by atoms with E-state index in [9.17, 15) is 14.0 Å². The second-order valence-corrected chi connectivity index (χ2v) is 8.84. The lowest BCUT2D eigenvalue weighted by Gasteiger charge is -2.55. The van der Waals surface area contributed by atoms with Crippen LogP contribution in [0.25, 0.3) is 0 Å². The first kappa shape index (κ1) is 23.9. The van der Waals surface area contributed by atoms with Gasteiger partial charge in [-0.3, -0.25) is 4.79 Å². The number of nitrogens with zero attached hydrogens (tertiary/aromatic N) is 1. The van der Waals surface area contributed by atoms with Gasteiger partial charge in [0.2, 0.25) is 0 Å². The first-order valence-corrected chi connectivity index (χ1v) is 11.4. The third-order valence-electron chi connectivity index (χ3n) is 7.13. The molecule has 0 bridgehead atoms. The molecule has 0 spiro atoms. The first-order chi connectivity index (χ1) is 15.3. The average Bonchev–Trinajstić information content (AvgIpc) is 2.74. The Hall–Kier alpha value is -2.73. The summed E-state index contributed by atoms with van der Waals surface area (Å²) in [7, 11) is 0. The van der Waals surface area contributed by atoms with Crippen LogP contribution in [0.5, 0.6) is 0 Å². The van der Waals surface area contributed by atoms with Gasteiger partial charge in [-0.15, -0.1) is 0 Å². The molecule has 1 saturated carbocycles. The Labute approximate surface area is 190 Å². The molecule has 5 nitrogen and oxygen atoms in total. The van der Waals surface area contributed by atoms with E-state index in [4.69, 9.17) is 4.74 Å². The van der Waals surface area contributed by atoms with Crippen LogP contribution in [0.4, 0.5) is 10.1 Å². The van der Waals surface area contributed by atoms with Crippen LogP contribution in [0.3, 0.4) is 0 Å². The second-order valence-electron chi connectivity index (χ2n) is 8.84. The molecular weight excluding hydrogens is 407 g/mol. The summed E-state index contributed by atoms with van der Waals surface area (Å²) in [4.78, 5) is 26.5. The molecule has 1 aliphatic carbocycles. The number of ether oxygens (including phenoxy) is 1. The van der Waals surface area contributed by atoms with Crippen molar-refractivity contribution in [1.82, 2.24) is 0 Å². The maximum absolute atomic E-state index is 13.7. The fraction of sp³-hybridized carbons (Fsp3) is 0.462. The number of benzene rings is 2. The monoisotopic (exact) mass is 441 g/mol. The Morgan fingerprint density at radius 2 is 1.66 bits per heavy atom. The van der Waals surface area contributed by atoms with Crippen LogP contribution in [0.15, 0.2) is 42.5 Å². The number of carbonyl (C=O) groups excluding carboxylic acids is 2. The van der Waals surface area contributed by atoms with Crippen LogP contribution in [0.2, 0.25) is 0 Å². The van der Waals surface area contributed by atoms with E-state index in [1.54, 1.807) is 13.8 Å². The molecule has 0 atom stereocenters. The number of aryl methyl sites for hydroxylation is 2. The number of anilines is 1. The number of quaternary nitrogens is 1. The summed E-state index contributed by atoms with van der Waals surface area (Å²) in [5.41, 5.74) is 2.28. The fourth-order valence-electron chi connectivity index (χ4n) is 5.00. The molecule has 0 radical (unpaired) electrons. The van der Waals surface area contributed by atoms with Crippen molar-refractivity contribution in [2.24, 2.45) is 0 Å². The van der Waals surface area contributed by atoms with Crippen LogP contribution < -0.4 is 5.32 Å². The van der Waals surface area contributed by atoms with E-state index < -0.39 is 5.54 Å². The number of likely N-dealkylation sites (N-methyl/N-ethyl adjacent to an activating group) is 1. The number of halogens is 1. The van der Waals surface area contributed by atoms with Gasteiger partial charge in [0.25, 0.3) is 5.91 Å². The molecule has 0 saturated heterocycles. The highest BCUT2D eigenvalue weighted by Crippen LogP contribution is 2.44. The van der Waals surface area contributed by atoms with E-state index in [-0.39, 0.29) is 30.8 Å². The third kappa shape index (κ3) is 4.56. The lowest BCUT2D eigenvalue weighted by atomic mass is 9.72. The Balaban J connectivity index is 1.80. The van der Waals surface area contributed by atoms with Crippen molar-refractivity contribution in [2.75, 3.05) is 25.0 Å². The predicted molar refractivity (Wildman–Crippen MR) is 124 cm³/mol. The zero-order valence-electron chi connectivity index (χ0n) is 19.5. The highest BCUT2D eigenvalue weighted by atomic mass is 19.1. The minimum absolute atomic E-state index is 0.0962. The van der Waals surface area contributed by atoms with Gasteiger partial charge in [0.1, 0.15) is 12.4 Å². The fourth-order valence-corrected chi connectivity index (χ4v) is 5.00. The minimum Gasteiger partial charge on any atom is -0.457 e. The van der Waals surface area contributed by atoms with Crippen molar-refractivity contribution >= 4 is 17.6 Å². The van der Waals surface area contributed by atoms with Crippen LogP contribution in [-0.4, -0.2) is 41.5 Å². The number of nitrogens with one attached hydrogen (secondary N) is 1. The molecule has 32 heavy (non-hydrogen) atoms. The van der Waals surface area contributed by atoms with Crippen molar-refractivity contribution in [3.8, 4) is 0 Å². The highest BCUT2D eigenvalue weighted by molar-refractivity contribution is 5.99. The maximum atomic E-state index is 13.7. The molecule has 1 amide bonds. The molecule has 0 aliphatic heterocycles. The van der Waals surface area contributed by atoms with E-state index >= 15 is 0 Å². The van der Waals surface area contributed by atoms with Gasteiger partial charge < -0.3 is 14.5 Å². The summed E-state index contributed by atoms with van der Waals surface area (Å²) in [6.07, 6.45) is 2.37. The molecule has 3 rings (SSSR count). The maximum Gasteiger partial charge on any atom is 0.362 e. The molecule has 1 N–H and O–H groups in total. The van der Waals surface area contributed by atoms with Crippen molar-refractivity contribution in [3.63, 3.8) is 0 Å². The zero-order chi connectivity index (χ0) is 23.4. The van der Waals surface area contributed by atoms with E-state index in [0.717, 1.165) is 12.0 Å². The quantitative estimate of drug-likeness (QED) is 0.445. The van der Waals surface area contributed by atoms with Gasteiger partial charge in [0.15, 0.2) is 12.1 Å². The molecule has 2 aromatic carbocycles. The summed E-state index contributed by atoms with van der Waals surface area (Å²) in [6, 6.07) is 12.4. The Morgan fingerprint density at radius 1 is 1.06 bits per heavy atom. The molecular formula is C26H34FN2O3+. The lowest BCUT2D eigenvalue weighted by molar-refractivity contribution is -0.963. The number of amides is 1. The van der Waals surface area contributed by atoms with Crippen LogP contribution in [-0.2, 0) is 20.9 Å². The van der Waals surface area contributed by atoms with Gasteiger partial charge >= 0.3 is 5.97 Å². The van der Waals surface area contributed by atoms with E-state index in [0.29, 0.717) is 47.2 Å². The lowest BCUT2D eigenvalue weighted by Crippen LogP contribution is -2.73. The molecule has 0 heterocycles. The normalized spacial score (nSPS) is 15.0. The summed E-state index contributed by atoms with van der Waals surface area (Å²) in [5, 5.41) is 3.08. The van der Waals surface area contributed by atoms with Gasteiger partial charge in [-0.05, 0) is 62.9 Å². The Bertz CT molecular complexity index is 943. The second kappa shape index (κ2) is 9.82. The predicted octanol–water partition coefficient (Wildman–Crippen LogP) is 4.90. The summed E-state index contributed by atoms with van der Waals surface area (Å²) in [5.74, 6) is -0.711. The van der Waals surface area contributed by atoms with Crippen molar-refractivity contribution in [2.45, 2.75) is 59.1 Å². The number of esters is 1. The van der Waals surface area contributed by atoms with E-state index in [2.05, 4.69) is 5.32 Å². The van der Waals surface area contributed by atoms with Gasteiger partial charge in [-0.1, -0.05) is 30.3 Å². The minimum atomic E-state index is -0.692. The number of hydrogen-bond donors (Lipinski definition) is 1. The topological polar surface area (TPSA) is 55.4 Å². The molecule has 172 valence electrons. The number of carbonyl (C=O) groups is 2. The SMILES string of the molecule is CC[N+](CC)(CC(=O)OCc1ccccc1)C1(C(=O)Nc2c(C)cc(F)cc2C)CCC1.